The van der Waals surface area contributed by atoms with Crippen molar-refractivity contribution in [1.29, 1.82) is 5.26 Å². The summed E-state index contributed by atoms with van der Waals surface area (Å²) >= 11 is 0. The van der Waals surface area contributed by atoms with E-state index in [9.17, 15) is 48.9 Å². The van der Waals surface area contributed by atoms with E-state index in [1.165, 1.54) is 45.9 Å². The van der Waals surface area contributed by atoms with Crippen molar-refractivity contribution in [3.05, 3.63) is 42.4 Å². The van der Waals surface area contributed by atoms with Gasteiger partial charge in [-0.3, -0.25) is 23.7 Å². The Hall–Kier alpha value is -7.22. The van der Waals surface area contributed by atoms with Crippen LogP contribution in [0.3, 0.4) is 0 Å². The number of fused-ring (bicyclic) bond motifs is 1. The summed E-state index contributed by atoms with van der Waals surface area (Å²) in [4.78, 5) is 103. The first-order chi connectivity index (χ1) is 30.8. The van der Waals surface area contributed by atoms with Gasteiger partial charge >= 0.3 is 36.0 Å². The molecule has 3 amide bonds. The maximum absolute atomic E-state index is 13.6. The Bertz CT molecular complexity index is 2320. The van der Waals surface area contributed by atoms with Crippen molar-refractivity contribution in [3.8, 4) is 11.8 Å². The van der Waals surface area contributed by atoms with Crippen LogP contribution < -0.4 is 15.4 Å². The summed E-state index contributed by atoms with van der Waals surface area (Å²) in [6.45, 7) is 3.04. The van der Waals surface area contributed by atoms with Gasteiger partial charge in [0, 0.05) is 71.8 Å². The van der Waals surface area contributed by atoms with Gasteiger partial charge < -0.3 is 59.6 Å². The molecule has 2 fully saturated rings. The van der Waals surface area contributed by atoms with Gasteiger partial charge in [-0.05, 0) is 42.0 Å². The molecule has 2 saturated heterocycles. The quantitative estimate of drug-likeness (QED) is 0.112. The minimum Gasteiger partial charge on any atom is -0.481 e. The van der Waals surface area contributed by atoms with E-state index in [-0.39, 0.29) is 55.4 Å². The highest BCUT2D eigenvalue weighted by Crippen LogP contribution is 2.43. The van der Waals surface area contributed by atoms with E-state index in [1.54, 1.807) is 24.2 Å². The van der Waals surface area contributed by atoms with Crippen molar-refractivity contribution in [2.75, 3.05) is 65.1 Å². The van der Waals surface area contributed by atoms with Gasteiger partial charge in [-0.2, -0.15) is 5.26 Å². The highest BCUT2D eigenvalue weighted by molar-refractivity contribution is 5.95. The fourth-order valence-electron chi connectivity index (χ4n) is 8.30. The topological polar surface area (TPSA) is 311 Å². The Kier molecular flexibility index (Phi) is 16.1. The fraction of sp³-hybridized carbons (Fsp3) is 0.524. The van der Waals surface area contributed by atoms with Crippen molar-refractivity contribution in [1.82, 2.24) is 29.2 Å². The molecule has 4 heterocycles. The zero-order valence-corrected chi connectivity index (χ0v) is 36.6. The van der Waals surface area contributed by atoms with E-state index in [4.69, 9.17) is 29.9 Å². The third-order valence-corrected chi connectivity index (χ3v) is 11.9. The third kappa shape index (κ3) is 11.7. The lowest BCUT2D eigenvalue weighted by atomic mass is 9.71. The molecule has 65 heavy (non-hydrogen) atoms. The van der Waals surface area contributed by atoms with Crippen molar-refractivity contribution in [2.45, 2.75) is 64.1 Å². The van der Waals surface area contributed by atoms with Gasteiger partial charge in [-0.1, -0.05) is 13.0 Å². The minimum absolute atomic E-state index is 0.0120. The number of esters is 1. The number of hydrogen-bond acceptors (Lipinski definition) is 16. The molecule has 2 aromatic heterocycles. The number of hydrogen-bond donors (Lipinski definition) is 4. The van der Waals surface area contributed by atoms with E-state index >= 15 is 0 Å². The van der Waals surface area contributed by atoms with E-state index in [1.807, 2.05) is 18.0 Å². The zero-order valence-electron chi connectivity index (χ0n) is 36.6. The van der Waals surface area contributed by atoms with Crippen LogP contribution >= 0.6 is 0 Å². The van der Waals surface area contributed by atoms with E-state index < -0.39 is 85.4 Å². The average molecular weight is 908 g/mol. The Morgan fingerprint density at radius 2 is 1.60 bits per heavy atom. The second kappa shape index (κ2) is 21.4. The number of rotatable bonds is 17. The Labute approximate surface area is 373 Å². The number of aliphatic carboxylic acids is 3. The lowest BCUT2D eigenvalue weighted by molar-refractivity contribution is -0.233. The molecule has 0 unspecified atom stereocenters. The molecule has 0 radical (unpaired) electrons. The lowest BCUT2D eigenvalue weighted by Crippen LogP contribution is -2.54. The second-order valence-electron chi connectivity index (χ2n) is 16.1. The van der Waals surface area contributed by atoms with Gasteiger partial charge in [0.15, 0.2) is 11.8 Å². The molecule has 23 heteroatoms. The normalized spacial score (nSPS) is 21.7. The molecular formula is C42H53N9O14. The number of carbonyl (C=O) groups is 7. The molecule has 0 saturated carbocycles. The molecule has 350 valence electrons. The molecule has 23 nitrogen and oxygen atoms in total. The number of methoxy groups -OCH3 is 1. The predicted molar refractivity (Wildman–Crippen MR) is 226 cm³/mol. The van der Waals surface area contributed by atoms with Crippen LogP contribution in [-0.4, -0.2) is 159 Å². The summed E-state index contributed by atoms with van der Waals surface area (Å²) in [5, 5.41) is 38.6. The molecule has 7 atom stereocenters. The minimum atomic E-state index is -1.60. The number of aromatic nitrogens is 3. The summed E-state index contributed by atoms with van der Waals surface area (Å²) in [5.74, 6) is -8.22. The molecule has 0 bridgehead atoms. The first-order valence-electron chi connectivity index (χ1n) is 20.6. The highest BCUT2D eigenvalue weighted by Gasteiger charge is 2.52. The van der Waals surface area contributed by atoms with Crippen molar-refractivity contribution in [3.63, 3.8) is 0 Å². The number of carbonyl (C=O) groups excluding carboxylic acids is 4. The van der Waals surface area contributed by atoms with Crippen LogP contribution in [0.15, 0.2) is 36.8 Å². The first-order valence-corrected chi connectivity index (χ1v) is 20.6. The maximum Gasteiger partial charge on any atom is 0.409 e. The molecule has 2 aliphatic rings. The van der Waals surface area contributed by atoms with Crippen LogP contribution in [-0.2, 0) is 44.8 Å². The van der Waals surface area contributed by atoms with Crippen LogP contribution in [0.5, 0.6) is 5.75 Å². The number of piperidine rings is 1. The standard InChI is InChI=1S/C42H53N9O14/c1-23-9-12-50(32(52)8-11-43)20-30(23)49(4)37-25-10-13-51(38(25)46-22-45-37)41(60)47(2)14-15-48(3)42(61)63-21-24-6-7-31(29(44)16-24)64-40-28(19-35(57)58)26(17-33(53)54)27(18-34(55)56)36(65-40)39(59)62-5/h6-7,10,13,16,22-23,26-28,30,36,40H,8-9,12,14-15,17-21,44H2,1-5H3,(H,53,54)(H,55,56)(H,57,58)/t23-,26+,27+,28-,30+,36+,40-/m1/s1. The number of nitrogen functional groups attached to an aromatic ring is 1. The molecule has 0 aliphatic carbocycles. The molecule has 1 aromatic carbocycles. The van der Waals surface area contributed by atoms with Gasteiger partial charge in [0.05, 0.1) is 43.1 Å². The number of likely N-dealkylation sites (tertiary alicyclic amines) is 1. The van der Waals surface area contributed by atoms with Crippen molar-refractivity contribution in [2.24, 2.45) is 23.7 Å². The summed E-state index contributed by atoms with van der Waals surface area (Å²) in [6, 6.07) is 7.44. The average Bonchev–Trinajstić information content (AvgIpc) is 3.70. The molecule has 5 rings (SSSR count). The molecular weight excluding hydrogens is 855 g/mol. The Morgan fingerprint density at radius 1 is 0.938 bits per heavy atom. The number of amides is 3. The lowest BCUT2D eigenvalue weighted by Gasteiger charge is -2.44. The largest absolute Gasteiger partial charge is 0.481 e. The molecule has 2 aliphatic heterocycles. The van der Waals surface area contributed by atoms with Crippen LogP contribution in [0.25, 0.3) is 11.0 Å². The molecule has 3 aromatic rings. The van der Waals surface area contributed by atoms with Gasteiger partial charge in [0.25, 0.3) is 0 Å². The fourth-order valence-corrected chi connectivity index (χ4v) is 8.30. The highest BCUT2D eigenvalue weighted by atomic mass is 16.7. The van der Waals surface area contributed by atoms with Crippen LogP contribution in [0.1, 0.15) is 44.6 Å². The molecule has 0 spiro atoms. The number of benzene rings is 1. The van der Waals surface area contributed by atoms with Gasteiger partial charge in [0.2, 0.25) is 12.2 Å². The molecule has 5 N–H and O–H groups in total. The third-order valence-electron chi connectivity index (χ3n) is 11.9. The van der Waals surface area contributed by atoms with Crippen molar-refractivity contribution >= 4 is 64.4 Å². The van der Waals surface area contributed by atoms with Crippen molar-refractivity contribution < 1.29 is 67.8 Å². The van der Waals surface area contributed by atoms with Gasteiger partial charge in [-0.25, -0.2) is 24.4 Å². The maximum atomic E-state index is 13.6. The number of nitriles is 1. The van der Waals surface area contributed by atoms with Crippen LogP contribution in [0.4, 0.5) is 21.1 Å². The number of ether oxygens (including phenoxy) is 4. The van der Waals surface area contributed by atoms with E-state index in [0.717, 1.165) is 13.5 Å². The number of likely N-dealkylation sites (N-methyl/N-ethyl adjacent to an activating group) is 3. The zero-order chi connectivity index (χ0) is 47.7. The van der Waals surface area contributed by atoms with Crippen LogP contribution in [0.2, 0.25) is 0 Å². The number of nitrogens with zero attached hydrogens (tertiary/aromatic N) is 8. The Balaban J connectivity index is 1.19. The SMILES string of the molecule is COC(=O)[C@H]1O[C@@H](Oc2ccc(COC(=O)N(C)CCN(C)C(=O)n3ccc4c(N(C)[C@H]5CN(C(=O)CC#N)CC[C@H]5C)ncnc43)cc2N)[C@H](CC(=O)O)[C@@H](CC(=O)O)[C@@H]1CC(=O)O. The number of nitrogens with two attached hydrogens (primary N) is 1. The summed E-state index contributed by atoms with van der Waals surface area (Å²) in [5.41, 5.74) is 7.04. The summed E-state index contributed by atoms with van der Waals surface area (Å²) < 4.78 is 23.4. The van der Waals surface area contributed by atoms with Crippen LogP contribution in [0, 0.1) is 35.0 Å². The first kappa shape index (κ1) is 48.8. The Morgan fingerprint density at radius 3 is 2.25 bits per heavy atom. The summed E-state index contributed by atoms with van der Waals surface area (Å²) in [7, 11) is 5.98. The number of anilines is 2. The second-order valence-corrected chi connectivity index (χ2v) is 16.1. The summed E-state index contributed by atoms with van der Waals surface area (Å²) in [6.07, 6.45) is -2.45. The smallest absolute Gasteiger partial charge is 0.409 e. The van der Waals surface area contributed by atoms with Gasteiger partial charge in [-0.15, -0.1) is 0 Å². The number of carboxylic acids is 3. The number of carboxylic acid groups (broad SMARTS) is 3. The van der Waals surface area contributed by atoms with E-state index in [2.05, 4.69) is 16.9 Å². The predicted octanol–water partition coefficient (Wildman–Crippen LogP) is 2.32. The van der Waals surface area contributed by atoms with Gasteiger partial charge in [0.1, 0.15) is 30.9 Å². The van der Waals surface area contributed by atoms with E-state index in [0.29, 0.717) is 35.5 Å². The monoisotopic (exact) mass is 907 g/mol.